The molecule has 0 aliphatic carbocycles. The lowest BCUT2D eigenvalue weighted by atomic mass is 10.1. The van der Waals surface area contributed by atoms with Crippen molar-refractivity contribution in [3.8, 4) is 6.07 Å². The van der Waals surface area contributed by atoms with Gasteiger partial charge in [-0.05, 0) is 37.1 Å². The molecule has 1 N–H and O–H groups in total. The summed E-state index contributed by atoms with van der Waals surface area (Å²) in [5.41, 5.74) is 4.43. The van der Waals surface area contributed by atoms with E-state index in [4.69, 9.17) is 4.98 Å². The number of para-hydroxylation sites is 1. The highest BCUT2D eigenvalue weighted by atomic mass is 32.1. The van der Waals surface area contributed by atoms with Crippen molar-refractivity contribution in [3.63, 3.8) is 0 Å². The van der Waals surface area contributed by atoms with Crippen LogP contribution in [0.25, 0.3) is 10.2 Å². The molecule has 0 saturated heterocycles. The third-order valence-electron chi connectivity index (χ3n) is 4.66. The molecule has 0 radical (unpaired) electrons. The highest BCUT2D eigenvalue weighted by Crippen LogP contribution is 2.33. The van der Waals surface area contributed by atoms with E-state index >= 15 is 0 Å². The first-order valence-electron chi connectivity index (χ1n) is 9.27. The monoisotopic (exact) mass is 387 g/mol. The Morgan fingerprint density at radius 1 is 1.18 bits per heavy atom. The SMILES string of the molecule is Cc1ccc(CCNC2N=CC=C(CC#N)N2c2nc3ccccc3s2)cc1. The summed E-state index contributed by atoms with van der Waals surface area (Å²) in [6.07, 6.45) is 4.64. The van der Waals surface area contributed by atoms with E-state index in [1.807, 2.05) is 29.2 Å². The van der Waals surface area contributed by atoms with Crippen molar-refractivity contribution in [1.29, 1.82) is 5.26 Å². The molecule has 0 bridgehead atoms. The Kier molecular flexibility index (Phi) is 5.47. The summed E-state index contributed by atoms with van der Waals surface area (Å²) < 4.78 is 1.13. The molecular formula is C22H21N5S. The number of thiazole rings is 1. The van der Waals surface area contributed by atoms with Crippen LogP contribution in [0.4, 0.5) is 5.13 Å². The van der Waals surface area contributed by atoms with Gasteiger partial charge in [0, 0.05) is 18.5 Å². The van der Waals surface area contributed by atoms with E-state index in [0.29, 0.717) is 6.42 Å². The van der Waals surface area contributed by atoms with Crippen LogP contribution in [0.1, 0.15) is 17.5 Å². The first-order valence-corrected chi connectivity index (χ1v) is 10.1. The second kappa shape index (κ2) is 8.34. The molecule has 1 aromatic heterocycles. The van der Waals surface area contributed by atoms with Gasteiger partial charge in [-0.3, -0.25) is 15.2 Å². The molecule has 5 nitrogen and oxygen atoms in total. The molecule has 0 amide bonds. The van der Waals surface area contributed by atoms with E-state index in [2.05, 4.69) is 53.6 Å². The Labute approximate surface area is 168 Å². The first kappa shape index (κ1) is 18.4. The Balaban J connectivity index is 1.54. The summed E-state index contributed by atoms with van der Waals surface area (Å²) in [5, 5.41) is 13.6. The van der Waals surface area contributed by atoms with Gasteiger partial charge in [-0.1, -0.05) is 53.3 Å². The van der Waals surface area contributed by atoms with Crippen LogP contribution < -0.4 is 10.2 Å². The lowest BCUT2D eigenvalue weighted by Crippen LogP contribution is -2.46. The van der Waals surface area contributed by atoms with Crippen molar-refractivity contribution in [2.24, 2.45) is 4.99 Å². The van der Waals surface area contributed by atoms with E-state index < -0.39 is 0 Å². The average Bonchev–Trinajstić information content (AvgIpc) is 3.13. The van der Waals surface area contributed by atoms with Crippen molar-refractivity contribution in [2.75, 3.05) is 11.4 Å². The fourth-order valence-corrected chi connectivity index (χ4v) is 4.20. The molecule has 3 aromatic rings. The average molecular weight is 388 g/mol. The second-order valence-corrected chi connectivity index (χ2v) is 7.70. The molecule has 1 atom stereocenters. The number of aromatic nitrogens is 1. The smallest absolute Gasteiger partial charge is 0.193 e. The standard InChI is InChI=1S/C22H21N5S/c1-16-6-8-17(9-7-16)11-14-24-21-25-15-12-18(10-13-23)27(21)22-26-19-4-2-3-5-20(19)28-22/h2-9,12,15,21,24H,10-11,14H2,1H3. The zero-order chi connectivity index (χ0) is 19.3. The first-order chi connectivity index (χ1) is 13.7. The van der Waals surface area contributed by atoms with Crippen LogP contribution >= 0.6 is 11.3 Å². The number of nitrogens with zero attached hydrogens (tertiary/aromatic N) is 4. The maximum absolute atomic E-state index is 9.26. The molecule has 140 valence electrons. The van der Waals surface area contributed by atoms with Gasteiger partial charge in [-0.25, -0.2) is 4.98 Å². The highest BCUT2D eigenvalue weighted by Gasteiger charge is 2.26. The number of anilines is 1. The summed E-state index contributed by atoms with van der Waals surface area (Å²) in [7, 11) is 0. The molecule has 0 saturated carbocycles. The molecule has 6 heteroatoms. The number of nitrogens with one attached hydrogen (secondary N) is 1. The number of rotatable bonds is 6. The fourth-order valence-electron chi connectivity index (χ4n) is 3.17. The van der Waals surface area contributed by atoms with Gasteiger partial charge in [0.05, 0.1) is 22.7 Å². The van der Waals surface area contributed by atoms with E-state index in [1.165, 1.54) is 11.1 Å². The van der Waals surface area contributed by atoms with E-state index in [-0.39, 0.29) is 6.29 Å². The van der Waals surface area contributed by atoms with Gasteiger partial charge in [0.1, 0.15) is 0 Å². The van der Waals surface area contributed by atoms with Crippen LogP contribution in [-0.4, -0.2) is 24.0 Å². The molecule has 2 heterocycles. The quantitative estimate of drug-likeness (QED) is 0.680. The number of benzene rings is 2. The Bertz CT molecular complexity index is 1030. The molecule has 0 spiro atoms. The third-order valence-corrected chi connectivity index (χ3v) is 5.69. The van der Waals surface area contributed by atoms with Crippen molar-refractivity contribution in [1.82, 2.24) is 10.3 Å². The van der Waals surface area contributed by atoms with E-state index in [0.717, 1.165) is 34.0 Å². The Morgan fingerprint density at radius 2 is 2.00 bits per heavy atom. The van der Waals surface area contributed by atoms with Gasteiger partial charge < -0.3 is 0 Å². The van der Waals surface area contributed by atoms with Gasteiger partial charge in [0.25, 0.3) is 0 Å². The minimum Gasteiger partial charge on any atom is -0.285 e. The number of allylic oxidation sites excluding steroid dienone is 2. The number of hydrogen-bond acceptors (Lipinski definition) is 6. The zero-order valence-corrected chi connectivity index (χ0v) is 16.5. The Morgan fingerprint density at radius 3 is 2.79 bits per heavy atom. The van der Waals surface area contributed by atoms with Gasteiger partial charge >= 0.3 is 0 Å². The fraction of sp³-hybridized carbons (Fsp3) is 0.227. The van der Waals surface area contributed by atoms with Gasteiger partial charge in [-0.15, -0.1) is 0 Å². The lowest BCUT2D eigenvalue weighted by Gasteiger charge is -2.32. The maximum atomic E-state index is 9.26. The second-order valence-electron chi connectivity index (χ2n) is 6.69. The molecule has 1 aliphatic rings. The number of nitriles is 1. The molecule has 4 rings (SSSR count). The summed E-state index contributed by atoms with van der Waals surface area (Å²) >= 11 is 1.62. The van der Waals surface area contributed by atoms with Crippen molar-refractivity contribution in [3.05, 3.63) is 71.4 Å². The normalized spacial score (nSPS) is 16.2. The number of fused-ring (bicyclic) bond motifs is 1. The molecule has 1 unspecified atom stereocenters. The highest BCUT2D eigenvalue weighted by molar-refractivity contribution is 7.22. The minimum atomic E-state index is -0.264. The molecule has 1 aliphatic heterocycles. The molecule has 2 aromatic carbocycles. The minimum absolute atomic E-state index is 0.264. The topological polar surface area (TPSA) is 64.3 Å². The predicted octanol–water partition coefficient (Wildman–Crippen LogP) is 4.41. The van der Waals surface area contributed by atoms with Crippen LogP contribution in [0.15, 0.2) is 65.3 Å². The Hall–Kier alpha value is -3.01. The predicted molar refractivity (Wildman–Crippen MR) is 116 cm³/mol. The lowest BCUT2D eigenvalue weighted by molar-refractivity contribution is 0.522. The third kappa shape index (κ3) is 3.96. The van der Waals surface area contributed by atoms with E-state index in [9.17, 15) is 5.26 Å². The number of aliphatic imine (C=N–C) groups is 1. The van der Waals surface area contributed by atoms with Crippen LogP contribution in [-0.2, 0) is 6.42 Å². The summed E-state index contributed by atoms with van der Waals surface area (Å²) in [4.78, 5) is 11.4. The van der Waals surface area contributed by atoms with Crippen molar-refractivity contribution < 1.29 is 0 Å². The molecule has 0 fully saturated rings. The van der Waals surface area contributed by atoms with E-state index in [1.54, 1.807) is 17.6 Å². The number of hydrogen-bond donors (Lipinski definition) is 1. The van der Waals surface area contributed by atoms with Crippen LogP contribution in [0, 0.1) is 18.3 Å². The van der Waals surface area contributed by atoms with Gasteiger partial charge in [0.2, 0.25) is 0 Å². The number of aryl methyl sites for hydroxylation is 1. The molecular weight excluding hydrogens is 366 g/mol. The van der Waals surface area contributed by atoms with Gasteiger partial charge in [0.15, 0.2) is 11.4 Å². The largest absolute Gasteiger partial charge is 0.285 e. The maximum Gasteiger partial charge on any atom is 0.193 e. The molecule has 28 heavy (non-hydrogen) atoms. The van der Waals surface area contributed by atoms with Crippen LogP contribution in [0.2, 0.25) is 0 Å². The van der Waals surface area contributed by atoms with Gasteiger partial charge in [-0.2, -0.15) is 5.26 Å². The summed E-state index contributed by atoms with van der Waals surface area (Å²) in [5.74, 6) is 0. The summed E-state index contributed by atoms with van der Waals surface area (Å²) in [6, 6.07) is 18.9. The zero-order valence-electron chi connectivity index (χ0n) is 15.7. The van der Waals surface area contributed by atoms with Crippen molar-refractivity contribution in [2.45, 2.75) is 26.1 Å². The van der Waals surface area contributed by atoms with Crippen molar-refractivity contribution >= 4 is 32.9 Å². The van der Waals surface area contributed by atoms with Crippen LogP contribution in [0.5, 0.6) is 0 Å². The summed E-state index contributed by atoms with van der Waals surface area (Å²) in [6.45, 7) is 2.88. The van der Waals surface area contributed by atoms with Crippen LogP contribution in [0.3, 0.4) is 0 Å².